The Bertz CT molecular complexity index is 816. The van der Waals surface area contributed by atoms with Crippen LogP contribution in [0.2, 0.25) is 10.0 Å². The minimum absolute atomic E-state index is 0.381. The van der Waals surface area contributed by atoms with Gasteiger partial charge in [-0.25, -0.2) is 0 Å². The Morgan fingerprint density at radius 3 is 2.48 bits per heavy atom. The third-order valence-corrected chi connectivity index (χ3v) is 3.82. The largest absolute Gasteiger partial charge is 0.479 e. The van der Waals surface area contributed by atoms with Gasteiger partial charge >= 0.3 is 0 Å². The zero-order valence-electron chi connectivity index (χ0n) is 12.6. The molecule has 0 spiro atoms. The Morgan fingerprint density at radius 1 is 1.04 bits per heavy atom. The molecule has 0 N–H and O–H groups in total. The second kappa shape index (κ2) is 6.60. The van der Waals surface area contributed by atoms with Crippen LogP contribution in [0.4, 0.5) is 0 Å². The molecule has 0 aliphatic heterocycles. The molecule has 1 atom stereocenters. The van der Waals surface area contributed by atoms with Crippen molar-refractivity contribution >= 4 is 23.2 Å². The number of hydrogen-bond donors (Lipinski definition) is 0. The average molecular weight is 349 g/mol. The molecular weight excluding hydrogens is 335 g/mol. The molecule has 0 saturated heterocycles. The van der Waals surface area contributed by atoms with Crippen LogP contribution in [0.1, 0.15) is 24.5 Å². The van der Waals surface area contributed by atoms with Crippen LogP contribution >= 0.6 is 23.2 Å². The van der Waals surface area contributed by atoms with Crippen molar-refractivity contribution in [3.63, 3.8) is 0 Å². The van der Waals surface area contributed by atoms with Crippen molar-refractivity contribution in [3.05, 3.63) is 64.0 Å². The quantitative estimate of drug-likeness (QED) is 0.625. The summed E-state index contributed by atoms with van der Waals surface area (Å²) in [5.41, 5.74) is 2.04. The SMILES string of the molecule is Cc1ccc(-c2nnc(C(C)Oc3ccc(Cl)cc3Cl)o2)cc1. The maximum Gasteiger partial charge on any atom is 0.257 e. The van der Waals surface area contributed by atoms with Crippen molar-refractivity contribution in [2.45, 2.75) is 20.0 Å². The van der Waals surface area contributed by atoms with E-state index in [9.17, 15) is 0 Å². The second-order valence-corrected chi connectivity index (χ2v) is 5.99. The molecular formula is C17H14Cl2N2O2. The third kappa shape index (κ3) is 3.66. The fourth-order valence-corrected chi connectivity index (χ4v) is 2.48. The number of ether oxygens (including phenoxy) is 1. The molecule has 0 saturated carbocycles. The summed E-state index contributed by atoms with van der Waals surface area (Å²) in [6, 6.07) is 12.9. The zero-order valence-corrected chi connectivity index (χ0v) is 14.1. The van der Waals surface area contributed by atoms with Gasteiger partial charge in [-0.1, -0.05) is 40.9 Å². The maximum absolute atomic E-state index is 6.10. The normalized spacial score (nSPS) is 12.2. The van der Waals surface area contributed by atoms with Gasteiger partial charge in [0.05, 0.1) is 5.02 Å². The highest BCUT2D eigenvalue weighted by Crippen LogP contribution is 2.31. The van der Waals surface area contributed by atoms with E-state index in [1.165, 1.54) is 5.56 Å². The molecule has 0 aliphatic rings. The number of hydrogen-bond acceptors (Lipinski definition) is 4. The molecule has 6 heteroatoms. The van der Waals surface area contributed by atoms with Crippen molar-refractivity contribution in [1.29, 1.82) is 0 Å². The van der Waals surface area contributed by atoms with Gasteiger partial charge in [0, 0.05) is 10.6 Å². The minimum Gasteiger partial charge on any atom is -0.479 e. The first kappa shape index (κ1) is 15.8. The highest BCUT2D eigenvalue weighted by molar-refractivity contribution is 6.35. The van der Waals surface area contributed by atoms with Crippen LogP contribution in [-0.2, 0) is 0 Å². The monoisotopic (exact) mass is 348 g/mol. The highest BCUT2D eigenvalue weighted by Gasteiger charge is 2.17. The Morgan fingerprint density at radius 2 is 1.78 bits per heavy atom. The molecule has 1 aromatic heterocycles. The number of aromatic nitrogens is 2. The lowest BCUT2D eigenvalue weighted by atomic mass is 10.1. The zero-order chi connectivity index (χ0) is 16.4. The van der Waals surface area contributed by atoms with E-state index in [2.05, 4.69) is 10.2 Å². The molecule has 3 rings (SSSR count). The van der Waals surface area contributed by atoms with Gasteiger partial charge in [-0.15, -0.1) is 10.2 Å². The predicted molar refractivity (Wildman–Crippen MR) is 90.0 cm³/mol. The van der Waals surface area contributed by atoms with E-state index in [-0.39, 0.29) is 0 Å². The first-order chi connectivity index (χ1) is 11.0. The molecule has 118 valence electrons. The molecule has 3 aromatic rings. The van der Waals surface area contributed by atoms with Crippen molar-refractivity contribution < 1.29 is 9.15 Å². The number of nitrogens with zero attached hydrogens (tertiary/aromatic N) is 2. The lowest BCUT2D eigenvalue weighted by Crippen LogP contribution is -2.03. The number of rotatable bonds is 4. The van der Waals surface area contributed by atoms with Gasteiger partial charge in [0.25, 0.3) is 5.89 Å². The molecule has 0 fully saturated rings. The summed E-state index contributed by atoms with van der Waals surface area (Å²) < 4.78 is 11.5. The van der Waals surface area contributed by atoms with E-state index in [1.54, 1.807) is 18.2 Å². The van der Waals surface area contributed by atoms with Crippen molar-refractivity contribution in [3.8, 4) is 17.2 Å². The smallest absolute Gasteiger partial charge is 0.257 e. The molecule has 1 heterocycles. The Labute approximate surface area is 144 Å². The van der Waals surface area contributed by atoms with Gasteiger partial charge in [-0.3, -0.25) is 0 Å². The second-order valence-electron chi connectivity index (χ2n) is 5.15. The lowest BCUT2D eigenvalue weighted by Gasteiger charge is -2.12. The summed E-state index contributed by atoms with van der Waals surface area (Å²) in [6.07, 6.45) is -0.430. The summed E-state index contributed by atoms with van der Waals surface area (Å²) in [6.45, 7) is 3.84. The lowest BCUT2D eigenvalue weighted by molar-refractivity contribution is 0.190. The Kier molecular flexibility index (Phi) is 4.55. The van der Waals surface area contributed by atoms with Gasteiger partial charge in [0.1, 0.15) is 5.75 Å². The predicted octanol–water partition coefficient (Wildman–Crippen LogP) is 5.49. The molecule has 2 aromatic carbocycles. The van der Waals surface area contributed by atoms with E-state index >= 15 is 0 Å². The third-order valence-electron chi connectivity index (χ3n) is 3.28. The average Bonchev–Trinajstić information content (AvgIpc) is 3.01. The summed E-state index contributed by atoms with van der Waals surface area (Å²) in [5, 5.41) is 9.10. The van der Waals surface area contributed by atoms with Crippen LogP contribution < -0.4 is 4.74 Å². The number of aryl methyl sites for hydroxylation is 1. The van der Waals surface area contributed by atoms with Gasteiger partial charge in [0.15, 0.2) is 6.10 Å². The first-order valence-electron chi connectivity index (χ1n) is 7.05. The fraction of sp³-hybridized carbons (Fsp3) is 0.176. The van der Waals surface area contributed by atoms with Crippen molar-refractivity contribution in [2.75, 3.05) is 0 Å². The number of halogens is 2. The summed E-state index contributed by atoms with van der Waals surface area (Å²) >= 11 is 12.0. The topological polar surface area (TPSA) is 48.2 Å². The first-order valence-corrected chi connectivity index (χ1v) is 7.80. The van der Waals surface area contributed by atoms with E-state index in [0.717, 1.165) is 5.56 Å². The van der Waals surface area contributed by atoms with E-state index < -0.39 is 6.10 Å². The number of benzene rings is 2. The minimum atomic E-state index is -0.430. The molecule has 4 nitrogen and oxygen atoms in total. The Balaban J connectivity index is 1.78. The van der Waals surface area contributed by atoms with E-state index in [1.807, 2.05) is 38.1 Å². The summed E-state index contributed by atoms with van der Waals surface area (Å²) in [7, 11) is 0. The van der Waals surface area contributed by atoms with Gasteiger partial charge < -0.3 is 9.15 Å². The van der Waals surface area contributed by atoms with E-state index in [0.29, 0.717) is 27.6 Å². The highest BCUT2D eigenvalue weighted by atomic mass is 35.5. The molecule has 0 bridgehead atoms. The standard InChI is InChI=1S/C17H14Cl2N2O2/c1-10-3-5-12(6-4-10)17-21-20-16(23-17)11(2)22-15-8-7-13(18)9-14(15)19/h3-9,11H,1-2H3. The van der Waals surface area contributed by atoms with Crippen LogP contribution in [0.3, 0.4) is 0 Å². The van der Waals surface area contributed by atoms with Crippen molar-refractivity contribution in [1.82, 2.24) is 10.2 Å². The van der Waals surface area contributed by atoms with Crippen LogP contribution in [0.25, 0.3) is 11.5 Å². The molecule has 1 unspecified atom stereocenters. The van der Waals surface area contributed by atoms with Gasteiger partial charge in [0.2, 0.25) is 5.89 Å². The van der Waals surface area contributed by atoms with Gasteiger partial charge in [-0.05, 0) is 44.2 Å². The summed E-state index contributed by atoms with van der Waals surface area (Å²) in [4.78, 5) is 0. The fourth-order valence-electron chi connectivity index (χ4n) is 2.02. The molecule has 0 radical (unpaired) electrons. The van der Waals surface area contributed by atoms with Crippen LogP contribution in [-0.4, -0.2) is 10.2 Å². The summed E-state index contributed by atoms with van der Waals surface area (Å²) in [5.74, 6) is 1.35. The van der Waals surface area contributed by atoms with Crippen molar-refractivity contribution in [2.24, 2.45) is 0 Å². The maximum atomic E-state index is 6.10. The van der Waals surface area contributed by atoms with Crippen LogP contribution in [0.5, 0.6) is 5.75 Å². The molecule has 23 heavy (non-hydrogen) atoms. The van der Waals surface area contributed by atoms with E-state index in [4.69, 9.17) is 32.4 Å². The van der Waals surface area contributed by atoms with Crippen LogP contribution in [0.15, 0.2) is 46.9 Å². The molecule has 0 aliphatic carbocycles. The van der Waals surface area contributed by atoms with Crippen LogP contribution in [0, 0.1) is 6.92 Å². The Hall–Kier alpha value is -2.04. The van der Waals surface area contributed by atoms with Gasteiger partial charge in [-0.2, -0.15) is 0 Å². The molecule has 0 amide bonds.